The lowest BCUT2D eigenvalue weighted by Crippen LogP contribution is -2.47. The van der Waals surface area contributed by atoms with Crippen LogP contribution in [0, 0.1) is 0 Å². The summed E-state index contributed by atoms with van der Waals surface area (Å²) in [7, 11) is 0. The van der Waals surface area contributed by atoms with E-state index in [0.29, 0.717) is 18.7 Å². The van der Waals surface area contributed by atoms with Gasteiger partial charge in [0.1, 0.15) is 12.4 Å². The number of likely N-dealkylation sites (tertiary alicyclic amines) is 1. The van der Waals surface area contributed by atoms with Crippen molar-refractivity contribution in [2.45, 2.75) is 44.2 Å². The van der Waals surface area contributed by atoms with Crippen LogP contribution >= 0.6 is 12.4 Å². The highest BCUT2D eigenvalue weighted by molar-refractivity contribution is 5.94. The third-order valence-corrected chi connectivity index (χ3v) is 4.72. The van der Waals surface area contributed by atoms with Gasteiger partial charge in [-0.2, -0.15) is 0 Å². The monoisotopic (exact) mass is 354 g/mol. The lowest BCUT2D eigenvalue weighted by molar-refractivity contribution is 0.0622. The number of nitrogens with two attached hydrogens (primary N) is 1. The highest BCUT2D eigenvalue weighted by Crippen LogP contribution is 2.21. The minimum Gasteiger partial charge on any atom is -0.491 e. The second-order valence-electron chi connectivity index (χ2n) is 6.35. The minimum absolute atomic E-state index is 0. The third-order valence-electron chi connectivity index (χ3n) is 4.72. The van der Waals surface area contributed by atoms with Gasteiger partial charge >= 0.3 is 0 Å². The summed E-state index contributed by atoms with van der Waals surface area (Å²) in [6.45, 7) is 2.75. The Morgan fingerprint density at radius 3 is 2.67 bits per heavy atom. The van der Waals surface area contributed by atoms with Crippen LogP contribution in [-0.2, 0) is 4.74 Å². The van der Waals surface area contributed by atoms with E-state index in [1.165, 1.54) is 0 Å². The van der Waals surface area contributed by atoms with E-state index in [9.17, 15) is 4.79 Å². The van der Waals surface area contributed by atoms with E-state index in [4.69, 9.17) is 15.2 Å². The topological polar surface area (TPSA) is 64.8 Å². The van der Waals surface area contributed by atoms with Crippen molar-refractivity contribution in [2.24, 2.45) is 5.73 Å². The molecule has 1 aromatic rings. The molecule has 0 aromatic heterocycles. The average Bonchev–Trinajstić information content (AvgIpc) is 3.13. The highest BCUT2D eigenvalue weighted by atomic mass is 35.5. The number of ether oxygens (including phenoxy) is 2. The zero-order chi connectivity index (χ0) is 16.1. The maximum atomic E-state index is 12.7. The Morgan fingerprint density at radius 1 is 1.21 bits per heavy atom. The number of carbonyl (C=O) groups excluding carboxylic acids is 1. The molecule has 1 amide bonds. The van der Waals surface area contributed by atoms with Gasteiger partial charge in [0.05, 0.1) is 6.10 Å². The molecule has 24 heavy (non-hydrogen) atoms. The van der Waals surface area contributed by atoms with E-state index in [0.717, 1.165) is 51.0 Å². The molecule has 2 saturated heterocycles. The van der Waals surface area contributed by atoms with E-state index in [1.807, 2.05) is 29.2 Å². The summed E-state index contributed by atoms with van der Waals surface area (Å²) in [5, 5.41) is 0. The largest absolute Gasteiger partial charge is 0.491 e. The van der Waals surface area contributed by atoms with Crippen LogP contribution in [0.25, 0.3) is 0 Å². The number of hydrogen-bond acceptors (Lipinski definition) is 4. The SMILES string of the molecule is Cl.NCC1CCCCN1C(=O)c1ccc(OCC2CCCO2)cc1. The molecule has 6 heteroatoms. The maximum Gasteiger partial charge on any atom is 0.254 e. The smallest absolute Gasteiger partial charge is 0.254 e. The number of hydrogen-bond donors (Lipinski definition) is 1. The molecule has 0 spiro atoms. The normalized spacial score (nSPS) is 23.6. The van der Waals surface area contributed by atoms with Crippen LogP contribution < -0.4 is 10.5 Å². The number of benzene rings is 1. The van der Waals surface area contributed by atoms with E-state index in [2.05, 4.69) is 0 Å². The highest BCUT2D eigenvalue weighted by Gasteiger charge is 2.26. The predicted molar refractivity (Wildman–Crippen MR) is 95.9 cm³/mol. The molecule has 2 unspecified atom stereocenters. The molecule has 2 fully saturated rings. The lowest BCUT2D eigenvalue weighted by atomic mass is 10.0. The molecule has 0 saturated carbocycles. The van der Waals surface area contributed by atoms with Gasteiger partial charge in [-0.1, -0.05) is 0 Å². The Balaban J connectivity index is 0.00000208. The van der Waals surface area contributed by atoms with Crippen LogP contribution in [0.1, 0.15) is 42.5 Å². The van der Waals surface area contributed by atoms with E-state index >= 15 is 0 Å². The fourth-order valence-corrected chi connectivity index (χ4v) is 3.34. The van der Waals surface area contributed by atoms with Crippen LogP contribution in [-0.4, -0.2) is 49.3 Å². The molecule has 0 aliphatic carbocycles. The Bertz CT molecular complexity index is 518. The molecule has 2 heterocycles. The predicted octanol–water partition coefficient (Wildman–Crippen LogP) is 2.62. The molecule has 0 radical (unpaired) electrons. The second kappa shape index (κ2) is 9.25. The third kappa shape index (κ3) is 4.62. The van der Waals surface area contributed by atoms with Crippen molar-refractivity contribution in [3.8, 4) is 5.75 Å². The summed E-state index contributed by atoms with van der Waals surface area (Å²) >= 11 is 0. The van der Waals surface area contributed by atoms with Gasteiger partial charge in [-0.25, -0.2) is 0 Å². The lowest BCUT2D eigenvalue weighted by Gasteiger charge is -2.35. The molecular weight excluding hydrogens is 328 g/mol. The van der Waals surface area contributed by atoms with Gasteiger partial charge < -0.3 is 20.1 Å². The first-order chi connectivity index (χ1) is 11.3. The number of halogens is 1. The summed E-state index contributed by atoms with van der Waals surface area (Å²) in [4.78, 5) is 14.6. The number of piperidine rings is 1. The molecule has 1 aromatic carbocycles. The molecule has 134 valence electrons. The van der Waals surface area contributed by atoms with Gasteiger partial charge in [0.15, 0.2) is 0 Å². The van der Waals surface area contributed by atoms with Crippen molar-refractivity contribution >= 4 is 18.3 Å². The number of rotatable bonds is 5. The number of carbonyl (C=O) groups is 1. The molecule has 0 bridgehead atoms. The van der Waals surface area contributed by atoms with Crippen molar-refractivity contribution < 1.29 is 14.3 Å². The van der Waals surface area contributed by atoms with Crippen molar-refractivity contribution in [1.29, 1.82) is 0 Å². The Labute approximate surface area is 149 Å². The van der Waals surface area contributed by atoms with E-state index in [-0.39, 0.29) is 30.5 Å². The average molecular weight is 355 g/mol. The van der Waals surface area contributed by atoms with Crippen molar-refractivity contribution in [1.82, 2.24) is 4.90 Å². The molecule has 3 rings (SSSR count). The van der Waals surface area contributed by atoms with Crippen LogP contribution in [0.5, 0.6) is 5.75 Å². The molecule has 2 aliphatic rings. The summed E-state index contributed by atoms with van der Waals surface area (Å²) < 4.78 is 11.3. The van der Waals surface area contributed by atoms with Crippen molar-refractivity contribution in [3.05, 3.63) is 29.8 Å². The van der Waals surface area contributed by atoms with Gasteiger partial charge in [-0.05, 0) is 56.4 Å². The Hall–Kier alpha value is -1.30. The standard InChI is InChI=1S/C18H26N2O3.ClH/c19-12-15-4-1-2-10-20(15)18(21)14-6-8-16(9-7-14)23-13-17-5-3-11-22-17;/h6-9,15,17H,1-5,10-13,19H2;1H. The van der Waals surface area contributed by atoms with Gasteiger partial charge in [0.2, 0.25) is 0 Å². The van der Waals surface area contributed by atoms with Gasteiger partial charge in [-0.15, -0.1) is 12.4 Å². The first kappa shape index (κ1) is 19.0. The van der Waals surface area contributed by atoms with Crippen molar-refractivity contribution in [2.75, 3.05) is 26.3 Å². The zero-order valence-corrected chi connectivity index (χ0v) is 14.8. The quantitative estimate of drug-likeness (QED) is 0.882. The maximum absolute atomic E-state index is 12.7. The molecule has 2 N–H and O–H groups in total. The Kier molecular flexibility index (Phi) is 7.34. The summed E-state index contributed by atoms with van der Waals surface area (Å²) in [6, 6.07) is 7.59. The van der Waals surface area contributed by atoms with Gasteiger partial charge in [0.25, 0.3) is 5.91 Å². The molecule has 2 aliphatic heterocycles. The fraction of sp³-hybridized carbons (Fsp3) is 0.611. The van der Waals surface area contributed by atoms with Crippen LogP contribution in [0.15, 0.2) is 24.3 Å². The molecule has 2 atom stereocenters. The molecular formula is C18H27ClN2O3. The van der Waals surface area contributed by atoms with Crippen LogP contribution in [0.3, 0.4) is 0 Å². The van der Waals surface area contributed by atoms with Crippen LogP contribution in [0.2, 0.25) is 0 Å². The summed E-state index contributed by atoms with van der Waals surface area (Å²) in [5.74, 6) is 0.858. The van der Waals surface area contributed by atoms with Gasteiger partial charge in [0, 0.05) is 31.3 Å². The summed E-state index contributed by atoms with van der Waals surface area (Å²) in [5.41, 5.74) is 6.51. The van der Waals surface area contributed by atoms with Crippen LogP contribution in [0.4, 0.5) is 0 Å². The second-order valence-corrected chi connectivity index (χ2v) is 6.35. The first-order valence-corrected chi connectivity index (χ1v) is 8.63. The fourth-order valence-electron chi connectivity index (χ4n) is 3.34. The Morgan fingerprint density at radius 2 is 2.00 bits per heavy atom. The number of amides is 1. The minimum atomic E-state index is 0. The van der Waals surface area contributed by atoms with E-state index < -0.39 is 0 Å². The van der Waals surface area contributed by atoms with E-state index in [1.54, 1.807) is 0 Å². The summed E-state index contributed by atoms with van der Waals surface area (Å²) in [6.07, 6.45) is 5.60. The number of nitrogens with zero attached hydrogens (tertiary/aromatic N) is 1. The first-order valence-electron chi connectivity index (χ1n) is 8.63. The zero-order valence-electron chi connectivity index (χ0n) is 14.0. The van der Waals surface area contributed by atoms with Gasteiger partial charge in [-0.3, -0.25) is 4.79 Å². The van der Waals surface area contributed by atoms with Crippen molar-refractivity contribution in [3.63, 3.8) is 0 Å². The molecule has 5 nitrogen and oxygen atoms in total.